The van der Waals surface area contributed by atoms with Crippen LogP contribution in [-0.2, 0) is 22.2 Å². The van der Waals surface area contributed by atoms with Gasteiger partial charge in [-0.3, -0.25) is 9.59 Å². The van der Waals surface area contributed by atoms with E-state index in [1.807, 2.05) is 0 Å². The predicted octanol–water partition coefficient (Wildman–Crippen LogP) is 2.33. The van der Waals surface area contributed by atoms with Crippen LogP contribution in [0.3, 0.4) is 0 Å². The summed E-state index contributed by atoms with van der Waals surface area (Å²) in [5.74, 6) is -0.356. The van der Waals surface area contributed by atoms with E-state index in [4.69, 9.17) is 0 Å². The molecule has 1 saturated heterocycles. The Kier molecular flexibility index (Phi) is 4.97. The van der Waals surface area contributed by atoms with Crippen molar-refractivity contribution in [2.75, 3.05) is 20.6 Å². The maximum Gasteiger partial charge on any atom is 0.416 e. The standard InChI is InChI=1S/C16H19F3N2O2/c1-20(2)15(23)13-4-3-9-21(13)14(22)10-11-5-7-12(8-6-11)16(17,18)19/h5-8,13H,3-4,9-10H2,1-2H3. The van der Waals surface area contributed by atoms with Gasteiger partial charge in [-0.1, -0.05) is 12.1 Å². The molecule has 0 saturated carbocycles. The van der Waals surface area contributed by atoms with E-state index in [-0.39, 0.29) is 18.2 Å². The summed E-state index contributed by atoms with van der Waals surface area (Å²) >= 11 is 0. The second kappa shape index (κ2) is 6.60. The lowest BCUT2D eigenvalue weighted by Crippen LogP contribution is -2.45. The van der Waals surface area contributed by atoms with Gasteiger partial charge in [-0.2, -0.15) is 13.2 Å². The van der Waals surface area contributed by atoms with Crippen molar-refractivity contribution in [1.29, 1.82) is 0 Å². The first kappa shape index (κ1) is 17.3. The topological polar surface area (TPSA) is 40.6 Å². The van der Waals surface area contributed by atoms with Gasteiger partial charge in [0.15, 0.2) is 0 Å². The molecule has 1 unspecified atom stereocenters. The van der Waals surface area contributed by atoms with Crippen molar-refractivity contribution in [3.63, 3.8) is 0 Å². The maximum absolute atomic E-state index is 12.5. The first-order valence-corrected chi connectivity index (χ1v) is 7.37. The minimum absolute atomic E-state index is 0.00462. The first-order valence-electron chi connectivity index (χ1n) is 7.37. The molecule has 1 fully saturated rings. The summed E-state index contributed by atoms with van der Waals surface area (Å²) in [5.41, 5.74) is -0.235. The third kappa shape index (κ3) is 4.03. The number of hydrogen-bond donors (Lipinski definition) is 0. The zero-order chi connectivity index (χ0) is 17.2. The summed E-state index contributed by atoms with van der Waals surface area (Å²) in [6.45, 7) is 0.504. The van der Waals surface area contributed by atoms with E-state index in [1.54, 1.807) is 14.1 Å². The summed E-state index contributed by atoms with van der Waals surface area (Å²) in [5, 5.41) is 0. The molecule has 0 radical (unpaired) electrons. The van der Waals surface area contributed by atoms with Gasteiger partial charge in [0, 0.05) is 20.6 Å². The second-order valence-corrected chi connectivity index (χ2v) is 5.85. The number of hydrogen-bond acceptors (Lipinski definition) is 2. The molecule has 1 atom stereocenters. The molecule has 0 aliphatic carbocycles. The van der Waals surface area contributed by atoms with Crippen molar-refractivity contribution in [1.82, 2.24) is 9.80 Å². The van der Waals surface area contributed by atoms with Crippen LogP contribution < -0.4 is 0 Å². The molecular weight excluding hydrogens is 309 g/mol. The number of benzene rings is 1. The molecule has 0 bridgehead atoms. The molecule has 2 amide bonds. The third-order valence-corrected chi connectivity index (χ3v) is 3.94. The van der Waals surface area contributed by atoms with E-state index in [9.17, 15) is 22.8 Å². The van der Waals surface area contributed by atoms with Crippen molar-refractivity contribution in [3.05, 3.63) is 35.4 Å². The Morgan fingerprint density at radius 1 is 1.22 bits per heavy atom. The van der Waals surface area contributed by atoms with Gasteiger partial charge in [-0.25, -0.2) is 0 Å². The summed E-state index contributed by atoms with van der Waals surface area (Å²) in [7, 11) is 3.28. The molecule has 126 valence electrons. The van der Waals surface area contributed by atoms with Gasteiger partial charge in [-0.15, -0.1) is 0 Å². The van der Waals surface area contributed by atoms with Crippen LogP contribution in [0.4, 0.5) is 13.2 Å². The monoisotopic (exact) mass is 328 g/mol. The quantitative estimate of drug-likeness (QED) is 0.854. The summed E-state index contributed by atoms with van der Waals surface area (Å²) in [6.07, 6.45) is -3.02. The van der Waals surface area contributed by atoms with Gasteiger partial charge in [0.1, 0.15) is 6.04 Å². The molecule has 23 heavy (non-hydrogen) atoms. The molecule has 1 aromatic rings. The molecule has 4 nitrogen and oxygen atoms in total. The Bertz CT molecular complexity index is 582. The van der Waals surface area contributed by atoms with E-state index in [1.165, 1.54) is 21.9 Å². The van der Waals surface area contributed by atoms with Gasteiger partial charge in [-0.05, 0) is 30.5 Å². The van der Waals surface area contributed by atoms with Crippen LogP contribution in [0.1, 0.15) is 24.0 Å². The lowest BCUT2D eigenvalue weighted by molar-refractivity contribution is -0.141. The highest BCUT2D eigenvalue weighted by molar-refractivity contribution is 5.88. The maximum atomic E-state index is 12.5. The molecular formula is C16H19F3N2O2. The largest absolute Gasteiger partial charge is 0.416 e. The normalized spacial score (nSPS) is 18.1. The average molecular weight is 328 g/mol. The van der Waals surface area contributed by atoms with Crippen LogP contribution in [0.5, 0.6) is 0 Å². The summed E-state index contributed by atoms with van der Waals surface area (Å²) in [6, 6.07) is 4.08. The van der Waals surface area contributed by atoms with E-state index < -0.39 is 17.8 Å². The second-order valence-electron chi connectivity index (χ2n) is 5.85. The highest BCUT2D eigenvalue weighted by atomic mass is 19.4. The fraction of sp³-hybridized carbons (Fsp3) is 0.500. The molecule has 0 spiro atoms. The Morgan fingerprint density at radius 2 is 1.83 bits per heavy atom. The van der Waals surface area contributed by atoms with Crippen molar-refractivity contribution in [3.8, 4) is 0 Å². The summed E-state index contributed by atoms with van der Waals surface area (Å²) < 4.78 is 37.6. The van der Waals surface area contributed by atoms with Crippen LogP contribution in [-0.4, -0.2) is 48.3 Å². The SMILES string of the molecule is CN(C)C(=O)C1CCCN1C(=O)Cc1ccc(C(F)(F)F)cc1. The average Bonchev–Trinajstić information content (AvgIpc) is 2.95. The Labute approximate surface area is 132 Å². The molecule has 2 rings (SSSR count). The van der Waals surface area contributed by atoms with Gasteiger partial charge in [0.05, 0.1) is 12.0 Å². The van der Waals surface area contributed by atoms with Crippen LogP contribution in [0.25, 0.3) is 0 Å². The number of halogens is 3. The lowest BCUT2D eigenvalue weighted by Gasteiger charge is -2.26. The molecule has 1 heterocycles. The molecule has 1 aromatic carbocycles. The molecule has 1 aliphatic heterocycles. The van der Waals surface area contributed by atoms with Crippen molar-refractivity contribution in [2.45, 2.75) is 31.5 Å². The van der Waals surface area contributed by atoms with Gasteiger partial charge in [0.2, 0.25) is 11.8 Å². The van der Waals surface area contributed by atoms with Crippen LogP contribution >= 0.6 is 0 Å². The predicted molar refractivity (Wildman–Crippen MR) is 78.6 cm³/mol. The first-order chi connectivity index (χ1) is 10.7. The highest BCUT2D eigenvalue weighted by Gasteiger charge is 2.35. The fourth-order valence-electron chi connectivity index (χ4n) is 2.71. The Morgan fingerprint density at radius 3 is 2.35 bits per heavy atom. The molecule has 0 N–H and O–H groups in total. The highest BCUT2D eigenvalue weighted by Crippen LogP contribution is 2.29. The van der Waals surface area contributed by atoms with Crippen molar-refractivity contribution < 1.29 is 22.8 Å². The van der Waals surface area contributed by atoms with Crippen molar-refractivity contribution in [2.24, 2.45) is 0 Å². The number of likely N-dealkylation sites (tertiary alicyclic amines) is 1. The number of nitrogens with zero attached hydrogens (tertiary/aromatic N) is 2. The van der Waals surface area contributed by atoms with E-state index >= 15 is 0 Å². The van der Waals surface area contributed by atoms with Gasteiger partial charge < -0.3 is 9.80 Å². The van der Waals surface area contributed by atoms with E-state index in [0.717, 1.165) is 18.6 Å². The van der Waals surface area contributed by atoms with E-state index in [2.05, 4.69) is 0 Å². The van der Waals surface area contributed by atoms with Crippen LogP contribution in [0.2, 0.25) is 0 Å². The lowest BCUT2D eigenvalue weighted by atomic mass is 10.1. The minimum Gasteiger partial charge on any atom is -0.347 e. The van der Waals surface area contributed by atoms with Crippen LogP contribution in [0.15, 0.2) is 24.3 Å². The molecule has 1 aliphatic rings. The number of carbonyl (C=O) groups excluding carboxylic acids is 2. The number of carbonyl (C=O) groups is 2. The number of likely N-dealkylation sites (N-methyl/N-ethyl adjacent to an activating group) is 1. The molecule has 7 heteroatoms. The summed E-state index contributed by atoms with van der Waals surface area (Å²) in [4.78, 5) is 27.4. The van der Waals surface area contributed by atoms with Gasteiger partial charge >= 0.3 is 6.18 Å². The van der Waals surface area contributed by atoms with E-state index in [0.29, 0.717) is 18.5 Å². The van der Waals surface area contributed by atoms with Crippen LogP contribution in [0, 0.1) is 0 Å². The smallest absolute Gasteiger partial charge is 0.347 e. The minimum atomic E-state index is -4.39. The number of amides is 2. The Balaban J connectivity index is 2.05. The number of alkyl halides is 3. The molecule has 0 aromatic heterocycles. The zero-order valence-corrected chi connectivity index (χ0v) is 13.1. The van der Waals surface area contributed by atoms with Gasteiger partial charge in [0.25, 0.3) is 0 Å². The third-order valence-electron chi connectivity index (χ3n) is 3.94. The van der Waals surface area contributed by atoms with Crippen molar-refractivity contribution >= 4 is 11.8 Å². The number of rotatable bonds is 3. The Hall–Kier alpha value is -2.05. The fourth-order valence-corrected chi connectivity index (χ4v) is 2.71. The zero-order valence-electron chi connectivity index (χ0n) is 13.1.